The second-order valence-corrected chi connectivity index (χ2v) is 3.83. The lowest BCUT2D eigenvalue weighted by Gasteiger charge is -2.13. The Morgan fingerprint density at radius 2 is 1.68 bits per heavy atom. The Hall–Kier alpha value is -2.43. The van der Waals surface area contributed by atoms with Gasteiger partial charge in [0, 0.05) is 11.8 Å². The van der Waals surface area contributed by atoms with Gasteiger partial charge in [-0.25, -0.2) is 0 Å². The molecule has 0 unspecified atom stereocenters. The second kappa shape index (κ2) is 5.48. The first kappa shape index (κ1) is 13.0. The molecule has 1 heterocycles. The number of ketones is 1. The van der Waals surface area contributed by atoms with E-state index in [1.807, 2.05) is 0 Å². The average Bonchev–Trinajstić information content (AvgIpc) is 2.98. The van der Waals surface area contributed by atoms with Crippen molar-refractivity contribution >= 4 is 5.78 Å². The smallest absolute Gasteiger partial charge is 0.209 e. The molecule has 0 aliphatic heterocycles. The molecule has 0 spiro atoms. The molecule has 2 aromatic rings. The van der Waals surface area contributed by atoms with Gasteiger partial charge in [0.25, 0.3) is 0 Å². The van der Waals surface area contributed by atoms with E-state index in [-0.39, 0.29) is 5.78 Å². The van der Waals surface area contributed by atoms with Crippen LogP contribution in [0.3, 0.4) is 0 Å². The highest BCUT2D eigenvalue weighted by molar-refractivity contribution is 6.08. The molecule has 5 heteroatoms. The lowest BCUT2D eigenvalue weighted by molar-refractivity contribution is 0.103. The van der Waals surface area contributed by atoms with E-state index in [9.17, 15) is 4.79 Å². The Balaban J connectivity index is 2.50. The van der Waals surface area contributed by atoms with Crippen molar-refractivity contribution in [3.05, 3.63) is 41.7 Å². The predicted molar refractivity (Wildman–Crippen MR) is 70.3 cm³/mol. The number of nitrogens with one attached hydrogen (secondary N) is 1. The van der Waals surface area contributed by atoms with Crippen LogP contribution in [-0.4, -0.2) is 32.1 Å². The Morgan fingerprint density at radius 3 is 2.11 bits per heavy atom. The SMILES string of the molecule is COc1cc(C(=O)c2ccc[nH]2)cc(OC)c1OC. The van der Waals surface area contributed by atoms with Crippen molar-refractivity contribution in [3.8, 4) is 17.2 Å². The molecule has 0 saturated carbocycles. The van der Waals surface area contributed by atoms with Crippen LogP contribution in [0.2, 0.25) is 0 Å². The number of carbonyl (C=O) groups excluding carboxylic acids is 1. The molecule has 1 aromatic heterocycles. The number of rotatable bonds is 5. The van der Waals surface area contributed by atoms with E-state index >= 15 is 0 Å². The highest BCUT2D eigenvalue weighted by Crippen LogP contribution is 2.38. The van der Waals surface area contributed by atoms with Gasteiger partial charge in [0.1, 0.15) is 0 Å². The van der Waals surface area contributed by atoms with Crippen LogP contribution in [0.5, 0.6) is 17.2 Å². The van der Waals surface area contributed by atoms with Crippen LogP contribution in [0.15, 0.2) is 30.5 Å². The minimum absolute atomic E-state index is 0.135. The monoisotopic (exact) mass is 261 g/mol. The quantitative estimate of drug-likeness (QED) is 0.839. The highest BCUT2D eigenvalue weighted by Gasteiger charge is 2.18. The summed E-state index contributed by atoms with van der Waals surface area (Å²) in [6.45, 7) is 0. The first-order chi connectivity index (χ1) is 9.21. The summed E-state index contributed by atoms with van der Waals surface area (Å²) in [5.41, 5.74) is 0.978. The first-order valence-corrected chi connectivity index (χ1v) is 5.69. The number of hydrogen-bond acceptors (Lipinski definition) is 4. The van der Waals surface area contributed by atoms with Gasteiger partial charge in [-0.2, -0.15) is 0 Å². The third-order valence-corrected chi connectivity index (χ3v) is 2.77. The normalized spacial score (nSPS) is 10.1. The van der Waals surface area contributed by atoms with Gasteiger partial charge in [0.05, 0.1) is 27.0 Å². The zero-order valence-corrected chi connectivity index (χ0v) is 11.0. The van der Waals surface area contributed by atoms with Gasteiger partial charge in [-0.3, -0.25) is 4.79 Å². The summed E-state index contributed by atoms with van der Waals surface area (Å²) in [5, 5.41) is 0. The van der Waals surface area contributed by atoms with Gasteiger partial charge in [0.15, 0.2) is 11.5 Å². The number of benzene rings is 1. The lowest BCUT2D eigenvalue weighted by atomic mass is 10.1. The van der Waals surface area contributed by atoms with Crippen LogP contribution < -0.4 is 14.2 Å². The minimum atomic E-state index is -0.135. The molecule has 0 radical (unpaired) electrons. The number of hydrogen-bond donors (Lipinski definition) is 1. The number of carbonyl (C=O) groups is 1. The van der Waals surface area contributed by atoms with Crippen molar-refractivity contribution < 1.29 is 19.0 Å². The van der Waals surface area contributed by atoms with E-state index in [0.29, 0.717) is 28.5 Å². The maximum absolute atomic E-state index is 12.3. The summed E-state index contributed by atoms with van der Waals surface area (Å²) in [7, 11) is 4.55. The van der Waals surface area contributed by atoms with Gasteiger partial charge in [-0.05, 0) is 24.3 Å². The molecule has 1 aromatic carbocycles. The molecule has 0 amide bonds. The molecule has 0 saturated heterocycles. The third-order valence-electron chi connectivity index (χ3n) is 2.77. The number of aromatic nitrogens is 1. The zero-order valence-electron chi connectivity index (χ0n) is 11.0. The molecule has 0 aliphatic carbocycles. The van der Waals surface area contributed by atoms with Crippen molar-refractivity contribution in [3.63, 3.8) is 0 Å². The molecule has 19 heavy (non-hydrogen) atoms. The largest absolute Gasteiger partial charge is 0.493 e. The van der Waals surface area contributed by atoms with Gasteiger partial charge in [0.2, 0.25) is 11.5 Å². The van der Waals surface area contributed by atoms with Crippen LogP contribution in [0.4, 0.5) is 0 Å². The van der Waals surface area contributed by atoms with Gasteiger partial charge in [-0.15, -0.1) is 0 Å². The maximum atomic E-state index is 12.3. The number of aromatic amines is 1. The Bertz CT molecular complexity index is 550. The molecule has 0 atom stereocenters. The Morgan fingerprint density at radius 1 is 1.05 bits per heavy atom. The van der Waals surface area contributed by atoms with Crippen molar-refractivity contribution in [1.82, 2.24) is 4.98 Å². The fraction of sp³-hybridized carbons (Fsp3) is 0.214. The van der Waals surface area contributed by atoms with Crippen molar-refractivity contribution in [2.75, 3.05) is 21.3 Å². The predicted octanol–water partition coefficient (Wildman–Crippen LogP) is 2.27. The summed E-state index contributed by atoms with van der Waals surface area (Å²) >= 11 is 0. The molecule has 2 rings (SSSR count). The fourth-order valence-corrected chi connectivity index (χ4v) is 1.84. The van der Waals surface area contributed by atoms with Crippen molar-refractivity contribution in [2.45, 2.75) is 0 Å². The third kappa shape index (κ3) is 2.40. The van der Waals surface area contributed by atoms with Gasteiger partial charge >= 0.3 is 0 Å². The molecular formula is C14H15NO4. The fourth-order valence-electron chi connectivity index (χ4n) is 1.84. The van der Waals surface area contributed by atoms with Crippen LogP contribution in [0.1, 0.15) is 16.1 Å². The molecule has 0 aliphatic rings. The Labute approximate surface area is 111 Å². The van der Waals surface area contributed by atoms with E-state index in [4.69, 9.17) is 14.2 Å². The minimum Gasteiger partial charge on any atom is -0.493 e. The van der Waals surface area contributed by atoms with Crippen LogP contribution >= 0.6 is 0 Å². The van der Waals surface area contributed by atoms with E-state index in [0.717, 1.165) is 0 Å². The van der Waals surface area contributed by atoms with E-state index in [1.54, 1.807) is 30.5 Å². The number of ether oxygens (including phenoxy) is 3. The summed E-state index contributed by atoms with van der Waals surface area (Å²) < 4.78 is 15.7. The molecule has 5 nitrogen and oxygen atoms in total. The van der Waals surface area contributed by atoms with Gasteiger partial charge in [-0.1, -0.05) is 0 Å². The van der Waals surface area contributed by atoms with Crippen molar-refractivity contribution in [2.24, 2.45) is 0 Å². The number of methoxy groups -OCH3 is 3. The topological polar surface area (TPSA) is 60.6 Å². The van der Waals surface area contributed by atoms with Crippen LogP contribution in [0, 0.1) is 0 Å². The molecule has 0 fully saturated rings. The van der Waals surface area contributed by atoms with Gasteiger partial charge < -0.3 is 19.2 Å². The summed E-state index contributed by atoms with van der Waals surface area (Å²) in [4.78, 5) is 15.1. The second-order valence-electron chi connectivity index (χ2n) is 3.83. The molecule has 0 bridgehead atoms. The molecule has 100 valence electrons. The zero-order chi connectivity index (χ0) is 13.8. The Kier molecular flexibility index (Phi) is 3.75. The lowest BCUT2D eigenvalue weighted by Crippen LogP contribution is -2.04. The first-order valence-electron chi connectivity index (χ1n) is 5.69. The highest BCUT2D eigenvalue weighted by atomic mass is 16.5. The summed E-state index contributed by atoms with van der Waals surface area (Å²) in [5.74, 6) is 1.24. The van der Waals surface area contributed by atoms with E-state index in [1.165, 1.54) is 21.3 Å². The van der Waals surface area contributed by atoms with Crippen molar-refractivity contribution in [1.29, 1.82) is 0 Å². The molecule has 1 N–H and O–H groups in total. The average molecular weight is 261 g/mol. The van der Waals surface area contributed by atoms with Crippen LogP contribution in [-0.2, 0) is 0 Å². The summed E-state index contributed by atoms with van der Waals surface area (Å²) in [6.07, 6.45) is 1.70. The summed E-state index contributed by atoms with van der Waals surface area (Å²) in [6, 6.07) is 6.74. The van der Waals surface area contributed by atoms with Crippen LogP contribution in [0.25, 0.3) is 0 Å². The maximum Gasteiger partial charge on any atom is 0.209 e. The number of H-pyrrole nitrogens is 1. The standard InChI is InChI=1S/C14H15NO4/c1-17-11-7-9(8-12(18-2)14(11)19-3)13(16)10-5-4-6-15-10/h4-8,15H,1-3H3. The van der Waals surface area contributed by atoms with E-state index < -0.39 is 0 Å². The van der Waals surface area contributed by atoms with E-state index in [2.05, 4.69) is 4.98 Å². The molecular weight excluding hydrogens is 246 g/mol.